The maximum atomic E-state index is 13.6. The third-order valence-electron chi connectivity index (χ3n) is 5.38. The van der Waals surface area contributed by atoms with Gasteiger partial charge in [0.1, 0.15) is 0 Å². The molecular weight excluding hydrogens is 339 g/mol. The van der Waals surface area contributed by atoms with E-state index in [1.807, 2.05) is 0 Å². The summed E-state index contributed by atoms with van der Waals surface area (Å²) in [5, 5.41) is 0. The van der Waals surface area contributed by atoms with Gasteiger partial charge in [0.2, 0.25) is 0 Å². The molecule has 0 bridgehead atoms. The lowest BCUT2D eigenvalue weighted by Gasteiger charge is -2.17. The van der Waals surface area contributed by atoms with E-state index in [1.54, 1.807) is 0 Å². The molecule has 3 nitrogen and oxygen atoms in total. The average molecular weight is 369 g/mol. The summed E-state index contributed by atoms with van der Waals surface area (Å²) in [5.41, 5.74) is 7.60. The molecule has 0 unspecified atom stereocenters. The lowest BCUT2D eigenvalue weighted by Crippen LogP contribution is -2.14. The molecule has 1 aliphatic heterocycles. The predicted molar refractivity (Wildman–Crippen MR) is 113 cm³/mol. The van der Waals surface area contributed by atoms with Gasteiger partial charge in [0.05, 0.1) is 24.5 Å². The van der Waals surface area contributed by atoms with E-state index < -0.39 is 8.10 Å². The maximum absolute atomic E-state index is 13.6. The van der Waals surface area contributed by atoms with Crippen LogP contribution in [0, 0.1) is 0 Å². The van der Waals surface area contributed by atoms with Crippen molar-refractivity contribution in [1.29, 1.82) is 0 Å². The molecule has 0 spiro atoms. The van der Waals surface area contributed by atoms with Crippen LogP contribution < -0.4 is 9.34 Å². The second kappa shape index (κ2) is 8.22. The molecule has 26 heavy (non-hydrogen) atoms. The minimum absolute atomic E-state index is 0.820. The quantitative estimate of drug-likeness (QED) is 0.591. The van der Waals surface area contributed by atoms with Gasteiger partial charge in [0, 0.05) is 0 Å². The fourth-order valence-electron chi connectivity index (χ4n) is 3.98. The van der Waals surface area contributed by atoms with E-state index in [0.29, 0.717) is 0 Å². The predicted octanol–water partition coefficient (Wildman–Crippen LogP) is 5.92. The van der Waals surface area contributed by atoms with Gasteiger partial charge in [-0.25, -0.2) is 0 Å². The number of hydrogen-bond acceptors (Lipinski definition) is 1. The van der Waals surface area contributed by atoms with Gasteiger partial charge in [-0.1, -0.05) is 64.1 Å². The number of rotatable bonds is 6. The maximum Gasteiger partial charge on any atom is 0.595 e. The van der Waals surface area contributed by atoms with Gasteiger partial charge in [-0.05, 0) is 52.5 Å². The van der Waals surface area contributed by atoms with Gasteiger partial charge in [-0.3, -0.25) is 0 Å². The fourth-order valence-corrected chi connectivity index (χ4v) is 5.62. The van der Waals surface area contributed by atoms with E-state index in [-0.39, 0.29) is 0 Å². The third kappa shape index (κ3) is 3.25. The number of nitrogens with zero attached hydrogens (tertiary/aromatic N) is 2. The average Bonchev–Trinajstić information content (AvgIpc) is 3.06. The number of hydrogen-bond donors (Lipinski definition) is 0. The monoisotopic (exact) mass is 369 g/mol. The lowest BCUT2D eigenvalue weighted by atomic mass is 10.0. The van der Waals surface area contributed by atoms with Crippen LogP contribution in [-0.4, -0.2) is 13.1 Å². The van der Waals surface area contributed by atoms with E-state index in [9.17, 15) is 4.57 Å². The highest BCUT2D eigenvalue weighted by Crippen LogP contribution is 2.48. The van der Waals surface area contributed by atoms with Crippen LogP contribution in [0.2, 0.25) is 0 Å². The summed E-state index contributed by atoms with van der Waals surface area (Å²) in [6, 6.07) is 13.0. The zero-order valence-corrected chi connectivity index (χ0v) is 17.4. The molecule has 0 N–H and O–H groups in total. The first-order valence-corrected chi connectivity index (χ1v) is 11.1. The highest BCUT2D eigenvalue weighted by molar-refractivity contribution is 7.49. The van der Waals surface area contributed by atoms with Crippen molar-refractivity contribution in [3.63, 3.8) is 0 Å². The van der Waals surface area contributed by atoms with Crippen molar-refractivity contribution in [2.24, 2.45) is 0 Å². The van der Waals surface area contributed by atoms with Gasteiger partial charge in [0.25, 0.3) is 0 Å². The molecule has 2 aromatic carbocycles. The second-order valence-electron chi connectivity index (χ2n) is 6.76. The molecule has 1 heterocycles. The highest BCUT2D eigenvalue weighted by atomic mass is 31.1. The number of para-hydroxylation sites is 2. The molecule has 0 atom stereocenters. The number of benzene rings is 2. The van der Waals surface area contributed by atoms with Gasteiger partial charge >= 0.3 is 8.10 Å². The van der Waals surface area contributed by atoms with Crippen LogP contribution in [0.3, 0.4) is 0 Å². The molecule has 0 aromatic heterocycles. The molecule has 2 aromatic rings. The Labute approximate surface area is 158 Å². The van der Waals surface area contributed by atoms with Crippen LogP contribution in [0.15, 0.2) is 36.4 Å². The molecule has 1 fully saturated rings. The Morgan fingerprint density at radius 1 is 0.692 bits per heavy atom. The summed E-state index contributed by atoms with van der Waals surface area (Å²) in [5.74, 6) is 0. The minimum Gasteiger partial charge on any atom is -0.142 e. The first-order valence-electron chi connectivity index (χ1n) is 9.89. The summed E-state index contributed by atoms with van der Waals surface area (Å²) >= 11 is 0. The smallest absolute Gasteiger partial charge is 0.142 e. The lowest BCUT2D eigenvalue weighted by molar-refractivity contribution is 0.588. The van der Waals surface area contributed by atoms with Crippen molar-refractivity contribution in [1.82, 2.24) is 0 Å². The van der Waals surface area contributed by atoms with Crippen LogP contribution in [0.4, 0.5) is 11.4 Å². The van der Waals surface area contributed by atoms with Crippen molar-refractivity contribution >= 4 is 19.5 Å². The summed E-state index contributed by atoms with van der Waals surface area (Å²) in [4.78, 5) is 0. The Balaban J connectivity index is 2.03. The fraction of sp³-hybridized carbons (Fsp3) is 0.455. The molecular formula is C22H30N2OP+. The van der Waals surface area contributed by atoms with Crippen molar-refractivity contribution < 1.29 is 4.57 Å². The van der Waals surface area contributed by atoms with Crippen molar-refractivity contribution in [2.45, 2.75) is 53.4 Å². The zero-order valence-electron chi connectivity index (χ0n) is 16.5. The zero-order chi connectivity index (χ0) is 18.7. The van der Waals surface area contributed by atoms with E-state index in [0.717, 1.165) is 38.8 Å². The Morgan fingerprint density at radius 3 is 1.27 bits per heavy atom. The second-order valence-corrected chi connectivity index (χ2v) is 8.23. The Hall–Kier alpha value is -1.86. The molecule has 1 aliphatic rings. The summed E-state index contributed by atoms with van der Waals surface area (Å²) in [7, 11) is -1.62. The van der Waals surface area contributed by atoms with E-state index >= 15 is 0 Å². The van der Waals surface area contributed by atoms with Crippen LogP contribution in [0.25, 0.3) is 0 Å². The highest BCUT2D eigenvalue weighted by Gasteiger charge is 2.46. The summed E-state index contributed by atoms with van der Waals surface area (Å²) < 4.78 is 17.9. The van der Waals surface area contributed by atoms with Crippen LogP contribution in [-0.2, 0) is 30.2 Å². The molecule has 4 heteroatoms. The van der Waals surface area contributed by atoms with Crippen molar-refractivity contribution in [3.8, 4) is 0 Å². The third-order valence-corrected chi connectivity index (χ3v) is 7.01. The summed E-state index contributed by atoms with van der Waals surface area (Å²) in [6.45, 7) is 10.4. The Bertz CT molecular complexity index is 693. The van der Waals surface area contributed by atoms with Gasteiger partial charge in [0.15, 0.2) is 0 Å². The largest absolute Gasteiger partial charge is 0.595 e. The molecule has 0 radical (unpaired) electrons. The van der Waals surface area contributed by atoms with E-state index in [4.69, 9.17) is 0 Å². The van der Waals surface area contributed by atoms with Crippen LogP contribution in [0.1, 0.15) is 49.9 Å². The topological polar surface area (TPSA) is 23.6 Å². The standard InChI is InChI=1S/C22H30N2OP/c1-5-17-11-9-12-18(6-2)21(17)23-15-16-24(26(23)25)22-19(7-3)13-10-14-20(22)8-4/h9-14H,5-8,15-16H2,1-4H3/q+1. The van der Waals surface area contributed by atoms with E-state index in [2.05, 4.69) is 73.4 Å². The van der Waals surface area contributed by atoms with Crippen LogP contribution in [0.5, 0.6) is 0 Å². The molecule has 3 rings (SSSR count). The first-order chi connectivity index (χ1) is 12.7. The van der Waals surface area contributed by atoms with Gasteiger partial charge < -0.3 is 0 Å². The molecule has 138 valence electrons. The molecule has 0 amide bonds. The van der Waals surface area contributed by atoms with Crippen LogP contribution >= 0.6 is 8.10 Å². The van der Waals surface area contributed by atoms with Crippen molar-refractivity contribution in [3.05, 3.63) is 58.7 Å². The molecule has 0 saturated carbocycles. The summed E-state index contributed by atoms with van der Waals surface area (Å²) in [6.07, 6.45) is 3.87. The first kappa shape index (κ1) is 18.9. The minimum atomic E-state index is -1.62. The Kier molecular flexibility index (Phi) is 5.98. The van der Waals surface area contributed by atoms with Gasteiger partial charge in [-0.2, -0.15) is 0 Å². The van der Waals surface area contributed by atoms with Gasteiger partial charge in [-0.15, -0.1) is 9.34 Å². The van der Waals surface area contributed by atoms with E-state index in [1.165, 1.54) is 33.6 Å². The SMILES string of the molecule is CCc1cccc(CC)c1N1CCN(c2c(CC)cccc2CC)[P+]1=O. The molecule has 0 aliphatic carbocycles. The number of anilines is 2. The van der Waals surface area contributed by atoms with Crippen molar-refractivity contribution in [2.75, 3.05) is 22.4 Å². The Morgan fingerprint density at radius 2 is 1.00 bits per heavy atom. The number of aryl methyl sites for hydroxylation is 4. The molecule has 1 saturated heterocycles. The normalized spacial score (nSPS) is 14.4.